The highest BCUT2D eigenvalue weighted by molar-refractivity contribution is 5.89. The van der Waals surface area contributed by atoms with Crippen LogP contribution in [0.1, 0.15) is 17.2 Å². The summed E-state index contributed by atoms with van der Waals surface area (Å²) in [5.74, 6) is -1.20. The van der Waals surface area contributed by atoms with Crippen LogP contribution in [0.4, 0.5) is 5.82 Å². The van der Waals surface area contributed by atoms with Gasteiger partial charge in [-0.15, -0.1) is 0 Å². The largest absolute Gasteiger partial charge is 0.469 e. The van der Waals surface area contributed by atoms with Crippen molar-refractivity contribution in [3.8, 4) is 0 Å². The minimum atomic E-state index is -0.891. The van der Waals surface area contributed by atoms with E-state index < -0.39 is 29.9 Å². The minimum absolute atomic E-state index is 0.398. The first-order chi connectivity index (χ1) is 13.2. The van der Waals surface area contributed by atoms with Crippen LogP contribution in [0.2, 0.25) is 0 Å². The summed E-state index contributed by atoms with van der Waals surface area (Å²) in [6.45, 7) is 0. The van der Waals surface area contributed by atoms with Crippen molar-refractivity contribution in [3.05, 3.63) is 66.0 Å². The van der Waals surface area contributed by atoms with E-state index in [9.17, 15) is 9.59 Å². The molecule has 3 atom stereocenters. The summed E-state index contributed by atoms with van der Waals surface area (Å²) in [5.41, 5.74) is 1.95. The first-order valence-electron chi connectivity index (χ1n) is 8.58. The molecular weight excluding hydrogens is 346 g/mol. The highest BCUT2D eigenvalue weighted by Crippen LogP contribution is 2.47. The third kappa shape index (κ3) is 2.63. The van der Waals surface area contributed by atoms with Crippen molar-refractivity contribution >= 4 is 23.8 Å². The number of fused-ring (bicyclic) bond motifs is 3. The van der Waals surface area contributed by atoms with Gasteiger partial charge in [-0.25, -0.2) is 9.78 Å². The SMILES string of the molecule is COC(=O)[C@@H]1[C@H]2c3ccccc3C=CN2N(c2ccccn2)[C@@H]1C(=O)OC. The van der Waals surface area contributed by atoms with Crippen molar-refractivity contribution in [2.24, 2.45) is 5.92 Å². The van der Waals surface area contributed by atoms with Gasteiger partial charge >= 0.3 is 11.9 Å². The Labute approximate surface area is 156 Å². The fourth-order valence-corrected chi connectivity index (χ4v) is 3.87. The zero-order valence-electron chi connectivity index (χ0n) is 15.0. The third-order valence-corrected chi connectivity index (χ3v) is 5.00. The Morgan fingerprint density at radius 2 is 1.74 bits per heavy atom. The van der Waals surface area contributed by atoms with Crippen LogP contribution in [0.5, 0.6) is 0 Å². The first-order valence-corrected chi connectivity index (χ1v) is 8.58. The Hall–Kier alpha value is -3.35. The Bertz CT molecular complexity index is 883. The number of hydrogen-bond donors (Lipinski definition) is 0. The Kier molecular flexibility index (Phi) is 4.27. The van der Waals surface area contributed by atoms with Crippen LogP contribution in [0.15, 0.2) is 54.9 Å². The fourth-order valence-electron chi connectivity index (χ4n) is 3.87. The molecule has 2 aliphatic heterocycles. The van der Waals surface area contributed by atoms with Crippen molar-refractivity contribution in [3.63, 3.8) is 0 Å². The van der Waals surface area contributed by atoms with Crippen molar-refractivity contribution in [1.82, 2.24) is 9.99 Å². The number of anilines is 1. The normalized spacial score (nSPS) is 22.8. The molecule has 1 aromatic carbocycles. The van der Waals surface area contributed by atoms with Gasteiger partial charge in [0.1, 0.15) is 11.7 Å². The molecule has 2 aromatic rings. The van der Waals surface area contributed by atoms with E-state index in [1.165, 1.54) is 14.2 Å². The standard InChI is InChI=1S/C20H19N3O4/c1-26-19(24)16-17-14-8-4-3-7-13(14)10-12-22(17)23(18(16)20(25)27-2)15-9-5-6-11-21-15/h3-12,16-18H,1-2H3/t16-,17-,18+/m1/s1. The number of hydrazine groups is 1. The van der Waals surface area contributed by atoms with Crippen LogP contribution in [0, 0.1) is 5.92 Å². The van der Waals surface area contributed by atoms with Crippen LogP contribution < -0.4 is 5.01 Å². The summed E-state index contributed by atoms with van der Waals surface area (Å²) in [7, 11) is 2.64. The quantitative estimate of drug-likeness (QED) is 0.772. The number of nitrogens with zero attached hydrogens (tertiary/aromatic N) is 3. The Morgan fingerprint density at radius 3 is 2.44 bits per heavy atom. The summed E-state index contributed by atoms with van der Waals surface area (Å²) in [6, 6.07) is 11.9. The maximum atomic E-state index is 12.8. The smallest absolute Gasteiger partial charge is 0.331 e. The topological polar surface area (TPSA) is 72.0 Å². The lowest BCUT2D eigenvalue weighted by Crippen LogP contribution is -2.46. The number of pyridine rings is 1. The summed E-state index contributed by atoms with van der Waals surface area (Å²) in [5, 5.41) is 3.58. The average molecular weight is 365 g/mol. The maximum absolute atomic E-state index is 12.8. The molecule has 0 aliphatic carbocycles. The van der Waals surface area contributed by atoms with Gasteiger partial charge in [0.05, 0.1) is 20.3 Å². The molecule has 0 amide bonds. The fraction of sp³-hybridized carbons (Fsp3) is 0.250. The molecule has 2 aliphatic rings. The number of aromatic nitrogens is 1. The zero-order valence-corrected chi connectivity index (χ0v) is 15.0. The second kappa shape index (κ2) is 6.75. The molecule has 7 nitrogen and oxygen atoms in total. The minimum Gasteiger partial charge on any atom is -0.469 e. The Balaban J connectivity index is 1.92. The molecule has 0 unspecified atom stereocenters. The predicted octanol–water partition coefficient (Wildman–Crippen LogP) is 2.17. The van der Waals surface area contributed by atoms with Crippen LogP contribution in [-0.4, -0.2) is 42.2 Å². The van der Waals surface area contributed by atoms with E-state index in [1.807, 2.05) is 47.6 Å². The number of ether oxygens (including phenoxy) is 2. The monoisotopic (exact) mass is 365 g/mol. The molecule has 0 N–H and O–H groups in total. The van der Waals surface area contributed by atoms with Gasteiger partial charge in [-0.2, -0.15) is 0 Å². The third-order valence-electron chi connectivity index (χ3n) is 5.00. The van der Waals surface area contributed by atoms with Crippen LogP contribution >= 0.6 is 0 Å². The molecule has 0 saturated carbocycles. The van der Waals surface area contributed by atoms with E-state index >= 15 is 0 Å². The van der Waals surface area contributed by atoms with Gasteiger partial charge in [0.15, 0.2) is 6.04 Å². The number of carbonyl (C=O) groups is 2. The number of carbonyl (C=O) groups excluding carboxylic acids is 2. The lowest BCUT2D eigenvalue weighted by molar-refractivity contribution is -0.153. The lowest BCUT2D eigenvalue weighted by Gasteiger charge is -2.36. The summed E-state index contributed by atoms with van der Waals surface area (Å²) in [4.78, 5) is 29.9. The maximum Gasteiger partial charge on any atom is 0.331 e. The van der Waals surface area contributed by atoms with Gasteiger partial charge < -0.3 is 9.47 Å². The van der Waals surface area contributed by atoms with Gasteiger partial charge in [0.2, 0.25) is 0 Å². The van der Waals surface area contributed by atoms with E-state index in [4.69, 9.17) is 9.47 Å². The van der Waals surface area contributed by atoms with Gasteiger partial charge in [0, 0.05) is 12.4 Å². The molecule has 3 heterocycles. The lowest BCUT2D eigenvalue weighted by atomic mass is 9.85. The van der Waals surface area contributed by atoms with Crippen LogP contribution in [0.25, 0.3) is 6.08 Å². The number of rotatable bonds is 3. The molecule has 0 spiro atoms. The van der Waals surface area contributed by atoms with E-state index in [1.54, 1.807) is 23.3 Å². The predicted molar refractivity (Wildman–Crippen MR) is 98.1 cm³/mol. The molecule has 1 aromatic heterocycles. The summed E-state index contributed by atoms with van der Waals surface area (Å²) >= 11 is 0. The molecule has 1 fully saturated rings. The molecule has 7 heteroatoms. The van der Waals surface area contributed by atoms with Crippen molar-refractivity contribution in [2.45, 2.75) is 12.1 Å². The van der Waals surface area contributed by atoms with Gasteiger partial charge in [0.25, 0.3) is 0 Å². The number of benzene rings is 1. The second-order valence-corrected chi connectivity index (χ2v) is 6.32. The van der Waals surface area contributed by atoms with Gasteiger partial charge in [-0.1, -0.05) is 30.3 Å². The molecular formula is C20H19N3O4. The molecule has 138 valence electrons. The molecule has 0 radical (unpaired) electrons. The molecule has 1 saturated heterocycles. The molecule has 0 bridgehead atoms. The molecule has 4 rings (SSSR count). The van der Waals surface area contributed by atoms with E-state index in [0.717, 1.165) is 11.1 Å². The van der Waals surface area contributed by atoms with Crippen LogP contribution in [0.3, 0.4) is 0 Å². The Morgan fingerprint density at radius 1 is 1.00 bits per heavy atom. The van der Waals surface area contributed by atoms with Crippen molar-refractivity contribution in [1.29, 1.82) is 0 Å². The average Bonchev–Trinajstić information content (AvgIpc) is 3.08. The summed E-state index contributed by atoms with van der Waals surface area (Å²) < 4.78 is 10.1. The highest BCUT2D eigenvalue weighted by Gasteiger charge is 2.56. The van der Waals surface area contributed by atoms with E-state index in [0.29, 0.717) is 5.82 Å². The van der Waals surface area contributed by atoms with E-state index in [-0.39, 0.29) is 0 Å². The van der Waals surface area contributed by atoms with Crippen molar-refractivity contribution in [2.75, 3.05) is 19.2 Å². The zero-order chi connectivity index (χ0) is 19.0. The number of esters is 2. The van der Waals surface area contributed by atoms with Gasteiger partial charge in [-0.3, -0.25) is 14.8 Å². The second-order valence-electron chi connectivity index (χ2n) is 6.32. The summed E-state index contributed by atoms with van der Waals surface area (Å²) in [6.07, 6.45) is 5.46. The first kappa shape index (κ1) is 17.1. The molecule has 27 heavy (non-hydrogen) atoms. The van der Waals surface area contributed by atoms with Crippen LogP contribution in [-0.2, 0) is 19.1 Å². The van der Waals surface area contributed by atoms with Crippen molar-refractivity contribution < 1.29 is 19.1 Å². The number of hydrogen-bond acceptors (Lipinski definition) is 7. The van der Waals surface area contributed by atoms with Gasteiger partial charge in [-0.05, 0) is 29.3 Å². The van der Waals surface area contributed by atoms with E-state index in [2.05, 4.69) is 4.98 Å². The highest BCUT2D eigenvalue weighted by atomic mass is 16.5. The number of methoxy groups -OCH3 is 2.